The van der Waals surface area contributed by atoms with Crippen molar-refractivity contribution in [1.29, 1.82) is 0 Å². The van der Waals surface area contributed by atoms with Gasteiger partial charge in [0, 0.05) is 35.0 Å². The Bertz CT molecular complexity index is 410. The smallest absolute Gasteiger partial charge is 0.222 e. The van der Waals surface area contributed by atoms with Gasteiger partial charge in [0.1, 0.15) is 0 Å². The summed E-state index contributed by atoms with van der Waals surface area (Å²) in [6.45, 7) is 5.85. The topological polar surface area (TPSA) is 41.1 Å². The molecule has 0 saturated heterocycles. The zero-order valence-electron chi connectivity index (χ0n) is 10.6. The average molecular weight is 334 g/mol. The van der Waals surface area contributed by atoms with E-state index in [1.54, 1.807) is 0 Å². The maximum atomic E-state index is 11.3. The van der Waals surface area contributed by atoms with Gasteiger partial charge in [0.15, 0.2) is 0 Å². The van der Waals surface area contributed by atoms with Gasteiger partial charge in [-0.3, -0.25) is 4.79 Å². The third-order valence-electron chi connectivity index (χ3n) is 2.45. The molecule has 0 atom stereocenters. The van der Waals surface area contributed by atoms with E-state index >= 15 is 0 Å². The minimum Gasteiger partial charge on any atom is -0.355 e. The number of hydrogen-bond acceptors (Lipinski definition) is 2. The van der Waals surface area contributed by atoms with Crippen molar-refractivity contribution in [2.45, 2.75) is 20.4 Å². The first kappa shape index (κ1) is 15.5. The van der Waals surface area contributed by atoms with E-state index in [-0.39, 0.29) is 11.8 Å². The van der Waals surface area contributed by atoms with Crippen LogP contribution < -0.4 is 10.6 Å². The fourth-order valence-electron chi connectivity index (χ4n) is 1.38. The molecule has 1 aromatic carbocycles. The Morgan fingerprint density at radius 1 is 1.39 bits per heavy atom. The first-order valence-electron chi connectivity index (χ1n) is 5.93. The van der Waals surface area contributed by atoms with Gasteiger partial charge in [0.2, 0.25) is 5.91 Å². The van der Waals surface area contributed by atoms with Crippen LogP contribution in [-0.2, 0) is 11.3 Å². The molecule has 18 heavy (non-hydrogen) atoms. The Morgan fingerprint density at radius 3 is 2.78 bits per heavy atom. The molecular formula is C13H18BrClN2O. The summed E-state index contributed by atoms with van der Waals surface area (Å²) in [5, 5.41) is 6.84. The van der Waals surface area contributed by atoms with E-state index < -0.39 is 0 Å². The van der Waals surface area contributed by atoms with Crippen LogP contribution in [0.3, 0.4) is 0 Å². The summed E-state index contributed by atoms with van der Waals surface area (Å²) in [6, 6.07) is 5.70. The van der Waals surface area contributed by atoms with Crippen molar-refractivity contribution >= 4 is 33.4 Å². The minimum atomic E-state index is 0.0343. The van der Waals surface area contributed by atoms with Crippen molar-refractivity contribution in [1.82, 2.24) is 10.6 Å². The van der Waals surface area contributed by atoms with E-state index in [1.807, 2.05) is 32.0 Å². The molecule has 2 N–H and O–H groups in total. The summed E-state index contributed by atoms with van der Waals surface area (Å²) in [5.41, 5.74) is 1.11. The van der Waals surface area contributed by atoms with E-state index in [1.165, 1.54) is 0 Å². The molecule has 100 valence electrons. The molecule has 1 aromatic rings. The van der Waals surface area contributed by atoms with Crippen LogP contribution in [0.15, 0.2) is 22.7 Å². The Kier molecular flexibility index (Phi) is 6.68. The summed E-state index contributed by atoms with van der Waals surface area (Å²) in [6.07, 6.45) is 0. The number of hydrogen-bond donors (Lipinski definition) is 2. The first-order valence-corrected chi connectivity index (χ1v) is 7.10. The van der Waals surface area contributed by atoms with Gasteiger partial charge in [-0.2, -0.15) is 0 Å². The van der Waals surface area contributed by atoms with Crippen LogP contribution in [-0.4, -0.2) is 19.0 Å². The van der Waals surface area contributed by atoms with Crippen molar-refractivity contribution < 1.29 is 4.79 Å². The fourth-order valence-corrected chi connectivity index (χ4v) is 1.96. The Labute approximate surface area is 121 Å². The van der Waals surface area contributed by atoms with Crippen molar-refractivity contribution in [2.24, 2.45) is 5.92 Å². The number of halogens is 2. The molecule has 0 aliphatic heterocycles. The maximum absolute atomic E-state index is 11.3. The second-order valence-corrected chi connectivity index (χ2v) is 5.65. The highest BCUT2D eigenvalue weighted by atomic mass is 79.9. The summed E-state index contributed by atoms with van der Waals surface area (Å²) in [4.78, 5) is 11.3. The van der Waals surface area contributed by atoms with Crippen LogP contribution in [0, 0.1) is 5.92 Å². The molecular weight excluding hydrogens is 316 g/mol. The lowest BCUT2D eigenvalue weighted by Gasteiger charge is -2.09. The molecule has 0 radical (unpaired) electrons. The normalized spacial score (nSPS) is 10.7. The van der Waals surface area contributed by atoms with Gasteiger partial charge < -0.3 is 10.6 Å². The highest BCUT2D eigenvalue weighted by Gasteiger charge is 2.05. The van der Waals surface area contributed by atoms with E-state index in [4.69, 9.17) is 11.6 Å². The first-order chi connectivity index (χ1) is 8.50. The van der Waals surface area contributed by atoms with E-state index in [9.17, 15) is 4.79 Å². The number of carbonyl (C=O) groups is 1. The molecule has 0 aromatic heterocycles. The number of rotatable bonds is 6. The van der Waals surface area contributed by atoms with Gasteiger partial charge in [0.25, 0.3) is 0 Å². The lowest BCUT2D eigenvalue weighted by molar-refractivity contribution is -0.123. The molecule has 0 unspecified atom stereocenters. The van der Waals surface area contributed by atoms with Gasteiger partial charge in [-0.25, -0.2) is 0 Å². The summed E-state index contributed by atoms with van der Waals surface area (Å²) < 4.78 is 1.03. The summed E-state index contributed by atoms with van der Waals surface area (Å²) in [7, 11) is 0. The van der Waals surface area contributed by atoms with E-state index in [0.717, 1.165) is 28.1 Å². The summed E-state index contributed by atoms with van der Waals surface area (Å²) >= 11 is 9.40. The maximum Gasteiger partial charge on any atom is 0.222 e. The molecule has 0 fully saturated rings. The molecule has 1 rings (SSSR count). The van der Waals surface area contributed by atoms with Crippen LogP contribution in [0.2, 0.25) is 5.02 Å². The molecule has 0 heterocycles. The highest BCUT2D eigenvalue weighted by Crippen LogP contribution is 2.20. The lowest BCUT2D eigenvalue weighted by atomic mass is 10.2. The Hall–Kier alpha value is -0.580. The molecule has 0 aliphatic carbocycles. The number of benzene rings is 1. The molecule has 0 bridgehead atoms. The highest BCUT2D eigenvalue weighted by molar-refractivity contribution is 9.10. The Balaban J connectivity index is 2.26. The van der Waals surface area contributed by atoms with Gasteiger partial charge in [-0.1, -0.05) is 41.4 Å². The second-order valence-electron chi connectivity index (χ2n) is 4.36. The monoisotopic (exact) mass is 332 g/mol. The van der Waals surface area contributed by atoms with Crippen molar-refractivity contribution in [3.05, 3.63) is 33.3 Å². The molecule has 1 amide bonds. The minimum absolute atomic E-state index is 0.0343. The second kappa shape index (κ2) is 7.77. The molecule has 0 saturated carbocycles. The molecule has 0 aliphatic rings. The van der Waals surface area contributed by atoms with Crippen LogP contribution in [0.1, 0.15) is 19.4 Å². The lowest BCUT2D eigenvalue weighted by Crippen LogP contribution is -2.34. The largest absolute Gasteiger partial charge is 0.355 e. The molecule has 3 nitrogen and oxygen atoms in total. The Morgan fingerprint density at radius 2 is 2.11 bits per heavy atom. The van der Waals surface area contributed by atoms with Crippen LogP contribution in [0.4, 0.5) is 0 Å². The number of carbonyl (C=O) groups excluding carboxylic acids is 1. The standard InChI is InChI=1S/C13H18BrClN2O/c1-9(2)13(18)17-6-5-16-8-10-7-11(15)3-4-12(10)14/h3-4,7,9,16H,5-6,8H2,1-2H3,(H,17,18). The van der Waals surface area contributed by atoms with E-state index in [2.05, 4.69) is 26.6 Å². The average Bonchev–Trinajstić information content (AvgIpc) is 2.32. The number of nitrogens with one attached hydrogen (secondary N) is 2. The fraction of sp³-hybridized carbons (Fsp3) is 0.462. The van der Waals surface area contributed by atoms with Crippen LogP contribution >= 0.6 is 27.5 Å². The molecule has 0 spiro atoms. The SMILES string of the molecule is CC(C)C(=O)NCCNCc1cc(Cl)ccc1Br. The number of amides is 1. The van der Waals surface area contributed by atoms with Crippen molar-refractivity contribution in [3.8, 4) is 0 Å². The predicted molar refractivity (Wildman–Crippen MR) is 78.7 cm³/mol. The van der Waals surface area contributed by atoms with E-state index in [0.29, 0.717) is 6.54 Å². The van der Waals surface area contributed by atoms with Gasteiger partial charge in [-0.05, 0) is 23.8 Å². The van der Waals surface area contributed by atoms with Crippen molar-refractivity contribution in [2.75, 3.05) is 13.1 Å². The zero-order valence-corrected chi connectivity index (χ0v) is 12.9. The van der Waals surface area contributed by atoms with Crippen molar-refractivity contribution in [3.63, 3.8) is 0 Å². The predicted octanol–water partition coefficient (Wildman–Crippen LogP) is 2.96. The third-order valence-corrected chi connectivity index (χ3v) is 3.46. The van der Waals surface area contributed by atoms with Gasteiger partial charge in [-0.15, -0.1) is 0 Å². The molecule has 5 heteroatoms. The van der Waals surface area contributed by atoms with Crippen LogP contribution in [0.5, 0.6) is 0 Å². The zero-order chi connectivity index (χ0) is 13.5. The van der Waals surface area contributed by atoms with Gasteiger partial charge in [0.05, 0.1) is 0 Å². The van der Waals surface area contributed by atoms with Gasteiger partial charge >= 0.3 is 0 Å². The quantitative estimate of drug-likeness (QED) is 0.786. The summed E-state index contributed by atoms with van der Waals surface area (Å²) in [5.74, 6) is 0.118. The van der Waals surface area contributed by atoms with Crippen LogP contribution in [0.25, 0.3) is 0 Å². The third kappa shape index (κ3) is 5.38.